The van der Waals surface area contributed by atoms with E-state index in [1.54, 1.807) is 25.1 Å². The summed E-state index contributed by atoms with van der Waals surface area (Å²) >= 11 is 1.33. The van der Waals surface area contributed by atoms with Crippen LogP contribution in [-0.4, -0.2) is 20.5 Å². The van der Waals surface area contributed by atoms with Crippen LogP contribution in [0.15, 0.2) is 90.1 Å². The monoisotopic (exact) mass is 433 g/mol. The van der Waals surface area contributed by atoms with E-state index in [9.17, 15) is 9.18 Å². The molecule has 156 valence electrons. The number of nitrogens with zero attached hydrogens (tertiary/aromatic N) is 3. The predicted molar refractivity (Wildman–Crippen MR) is 118 cm³/mol. The first-order valence-electron chi connectivity index (χ1n) is 9.72. The van der Waals surface area contributed by atoms with Gasteiger partial charge >= 0.3 is 0 Å². The summed E-state index contributed by atoms with van der Waals surface area (Å²) in [6.07, 6.45) is 0. The molecule has 1 atom stereocenters. The smallest absolute Gasteiger partial charge is 0.196 e. The molecule has 0 amide bonds. The molecule has 4 rings (SSSR count). The molecule has 0 aliphatic carbocycles. The number of carbonyl (C=O) groups is 1. The van der Waals surface area contributed by atoms with Gasteiger partial charge in [-0.2, -0.15) is 0 Å². The Morgan fingerprint density at radius 3 is 2.29 bits per heavy atom. The van der Waals surface area contributed by atoms with Gasteiger partial charge in [0.1, 0.15) is 12.4 Å². The van der Waals surface area contributed by atoms with Crippen molar-refractivity contribution in [1.82, 2.24) is 14.8 Å². The number of hydrogen-bond donors (Lipinski definition) is 0. The van der Waals surface area contributed by atoms with Gasteiger partial charge in [0.15, 0.2) is 22.5 Å². The molecule has 0 bridgehead atoms. The van der Waals surface area contributed by atoms with E-state index >= 15 is 0 Å². The summed E-state index contributed by atoms with van der Waals surface area (Å²) in [5.74, 6) is 0.226. The average molecular weight is 434 g/mol. The summed E-state index contributed by atoms with van der Waals surface area (Å²) in [7, 11) is 0. The third-order valence-electron chi connectivity index (χ3n) is 4.60. The highest BCUT2D eigenvalue weighted by Crippen LogP contribution is 2.36. The minimum atomic E-state index is -0.441. The van der Waals surface area contributed by atoms with Crippen LogP contribution in [0.5, 0.6) is 5.75 Å². The second-order valence-corrected chi connectivity index (χ2v) is 7.88. The highest BCUT2D eigenvalue weighted by atomic mass is 32.2. The zero-order valence-corrected chi connectivity index (χ0v) is 17.6. The molecule has 0 radical (unpaired) electrons. The zero-order chi connectivity index (χ0) is 21.6. The number of rotatable bonds is 8. The summed E-state index contributed by atoms with van der Waals surface area (Å²) in [5, 5.41) is 8.74. The lowest BCUT2D eigenvalue weighted by molar-refractivity contribution is -0.116. The first-order valence-corrected chi connectivity index (χ1v) is 10.6. The third-order valence-corrected chi connectivity index (χ3v) is 5.92. The van der Waals surface area contributed by atoms with Crippen molar-refractivity contribution in [3.05, 3.63) is 102 Å². The van der Waals surface area contributed by atoms with Crippen molar-refractivity contribution in [2.24, 2.45) is 0 Å². The van der Waals surface area contributed by atoms with Gasteiger partial charge in [-0.3, -0.25) is 9.36 Å². The number of carbonyl (C=O) groups excluding carboxylic acids is 1. The topological polar surface area (TPSA) is 57.0 Å². The highest BCUT2D eigenvalue weighted by molar-refractivity contribution is 8.00. The first-order chi connectivity index (χ1) is 15.1. The molecule has 0 aliphatic rings. The van der Waals surface area contributed by atoms with Crippen molar-refractivity contribution in [1.29, 1.82) is 0 Å². The van der Waals surface area contributed by atoms with E-state index in [4.69, 9.17) is 4.74 Å². The van der Waals surface area contributed by atoms with E-state index < -0.39 is 11.1 Å². The quantitative estimate of drug-likeness (QED) is 0.348. The maximum absolute atomic E-state index is 14.0. The average Bonchev–Trinajstić information content (AvgIpc) is 3.20. The normalized spacial score (nSPS) is 11.8. The number of thioether (sulfide) groups is 1. The molecule has 0 unspecified atom stereocenters. The summed E-state index contributed by atoms with van der Waals surface area (Å²) < 4.78 is 21.5. The first kappa shape index (κ1) is 20.8. The fraction of sp³-hybridized carbons (Fsp3) is 0.125. The number of halogens is 1. The number of ether oxygens (including phenoxy) is 1. The van der Waals surface area contributed by atoms with Crippen LogP contribution in [0.4, 0.5) is 4.39 Å². The Morgan fingerprint density at radius 2 is 1.61 bits per heavy atom. The maximum atomic E-state index is 14.0. The summed E-state index contributed by atoms with van der Waals surface area (Å²) in [4.78, 5) is 12.4. The van der Waals surface area contributed by atoms with E-state index in [2.05, 4.69) is 10.2 Å². The van der Waals surface area contributed by atoms with Gasteiger partial charge in [-0.25, -0.2) is 4.39 Å². The Labute approximate surface area is 183 Å². The zero-order valence-electron chi connectivity index (χ0n) is 16.8. The number of Topliss-reactive ketones (excluding diaryl/α,β-unsaturated/α-hetero) is 1. The van der Waals surface area contributed by atoms with E-state index in [0.29, 0.717) is 11.0 Å². The van der Waals surface area contributed by atoms with Crippen molar-refractivity contribution < 1.29 is 13.9 Å². The van der Waals surface area contributed by atoms with Gasteiger partial charge in [0.05, 0.1) is 5.25 Å². The molecule has 7 heteroatoms. The van der Waals surface area contributed by atoms with Gasteiger partial charge in [0.2, 0.25) is 0 Å². The number of ketones is 1. The fourth-order valence-corrected chi connectivity index (χ4v) is 4.20. The lowest BCUT2D eigenvalue weighted by Crippen LogP contribution is -2.09. The molecule has 1 heterocycles. The number of hydrogen-bond acceptors (Lipinski definition) is 5. The standard InChI is InChI=1S/C24H20FN3O2S/c1-17(29)23(18-10-4-2-5-11-18)31-24-27-26-22(28(24)19-12-6-3-7-13-19)16-30-21-15-9-8-14-20(21)25/h2-15,23H,16H2,1H3/t23-/m0/s1. The molecule has 4 aromatic rings. The van der Waals surface area contributed by atoms with Crippen LogP contribution in [0.3, 0.4) is 0 Å². The fourth-order valence-electron chi connectivity index (χ4n) is 3.13. The largest absolute Gasteiger partial charge is 0.483 e. The van der Waals surface area contributed by atoms with Crippen LogP contribution >= 0.6 is 11.8 Å². The molecule has 0 spiro atoms. The molecule has 0 fully saturated rings. The molecular weight excluding hydrogens is 413 g/mol. The van der Waals surface area contributed by atoms with Crippen LogP contribution < -0.4 is 4.74 Å². The van der Waals surface area contributed by atoms with Gasteiger partial charge < -0.3 is 4.74 Å². The minimum absolute atomic E-state index is 0.0166. The molecule has 3 aromatic carbocycles. The van der Waals surface area contributed by atoms with Gasteiger partial charge in [0.25, 0.3) is 0 Å². The Kier molecular flexibility index (Phi) is 6.43. The second-order valence-electron chi connectivity index (χ2n) is 6.81. The lowest BCUT2D eigenvalue weighted by Gasteiger charge is -2.15. The Balaban J connectivity index is 1.68. The minimum Gasteiger partial charge on any atom is -0.483 e. The third kappa shape index (κ3) is 4.83. The van der Waals surface area contributed by atoms with Crippen LogP contribution in [-0.2, 0) is 11.4 Å². The van der Waals surface area contributed by atoms with E-state index in [0.717, 1.165) is 11.3 Å². The van der Waals surface area contributed by atoms with Gasteiger partial charge in [0, 0.05) is 5.69 Å². The molecule has 0 saturated heterocycles. The second kappa shape index (κ2) is 9.57. The lowest BCUT2D eigenvalue weighted by atomic mass is 10.1. The SMILES string of the molecule is CC(=O)[C@H](Sc1nnc(COc2ccccc2F)n1-c1ccccc1)c1ccccc1. The molecule has 0 N–H and O–H groups in total. The van der Waals surface area contributed by atoms with Crippen molar-refractivity contribution in [3.8, 4) is 11.4 Å². The van der Waals surface area contributed by atoms with Crippen molar-refractivity contribution in [2.75, 3.05) is 0 Å². The molecule has 5 nitrogen and oxygen atoms in total. The Bertz CT molecular complexity index is 1170. The molecule has 0 saturated carbocycles. The molecular formula is C24H20FN3O2S. The number of aromatic nitrogens is 3. The van der Waals surface area contributed by atoms with Crippen LogP contribution in [0.25, 0.3) is 5.69 Å². The van der Waals surface area contributed by atoms with E-state index in [1.165, 1.54) is 17.8 Å². The molecule has 0 aliphatic heterocycles. The number of benzene rings is 3. The van der Waals surface area contributed by atoms with Crippen LogP contribution in [0.2, 0.25) is 0 Å². The number of para-hydroxylation sites is 2. The predicted octanol–water partition coefficient (Wildman–Crippen LogP) is 5.41. The maximum Gasteiger partial charge on any atom is 0.196 e. The van der Waals surface area contributed by atoms with Crippen LogP contribution in [0.1, 0.15) is 23.6 Å². The Hall–Kier alpha value is -3.45. The van der Waals surface area contributed by atoms with E-state index in [1.807, 2.05) is 65.2 Å². The van der Waals surface area contributed by atoms with Crippen LogP contribution in [0, 0.1) is 5.82 Å². The van der Waals surface area contributed by atoms with Gasteiger partial charge in [-0.1, -0.05) is 72.4 Å². The highest BCUT2D eigenvalue weighted by Gasteiger charge is 2.24. The van der Waals surface area contributed by atoms with E-state index in [-0.39, 0.29) is 18.1 Å². The van der Waals surface area contributed by atoms with Crippen molar-refractivity contribution in [2.45, 2.75) is 23.9 Å². The van der Waals surface area contributed by atoms with Crippen molar-refractivity contribution >= 4 is 17.5 Å². The van der Waals surface area contributed by atoms with Gasteiger partial charge in [-0.15, -0.1) is 10.2 Å². The Morgan fingerprint density at radius 1 is 0.968 bits per heavy atom. The van der Waals surface area contributed by atoms with Gasteiger partial charge in [-0.05, 0) is 36.8 Å². The summed E-state index contributed by atoms with van der Waals surface area (Å²) in [5.41, 5.74) is 1.73. The summed E-state index contributed by atoms with van der Waals surface area (Å²) in [6, 6.07) is 25.4. The molecule has 1 aromatic heterocycles. The molecule has 31 heavy (non-hydrogen) atoms. The van der Waals surface area contributed by atoms with Crippen molar-refractivity contribution in [3.63, 3.8) is 0 Å². The summed E-state index contributed by atoms with van der Waals surface area (Å²) in [6.45, 7) is 1.59.